The third kappa shape index (κ3) is 4.57. The molecule has 0 aliphatic carbocycles. The van der Waals surface area contributed by atoms with Crippen LogP contribution in [0.2, 0.25) is 0 Å². The molecule has 3 N–H and O–H groups in total. The Morgan fingerprint density at radius 2 is 1.50 bits per heavy atom. The Morgan fingerprint density at radius 3 is 2.25 bits per heavy atom. The van der Waals surface area contributed by atoms with Crippen LogP contribution in [0.3, 0.4) is 0 Å². The second kappa shape index (κ2) is 8.39. The van der Waals surface area contributed by atoms with Crippen molar-refractivity contribution in [3.8, 4) is 11.5 Å². The summed E-state index contributed by atoms with van der Waals surface area (Å²) in [5.41, 5.74) is 2.91. The molecule has 0 saturated carbocycles. The molecule has 3 rings (SSSR count). The minimum Gasteiger partial charge on any atom is -0.504 e. The van der Waals surface area contributed by atoms with Crippen molar-refractivity contribution in [1.29, 1.82) is 0 Å². The van der Waals surface area contributed by atoms with E-state index in [1.165, 1.54) is 11.6 Å². The maximum absolute atomic E-state index is 12.5. The fraction of sp³-hybridized carbons (Fsp3) is 0.130. The summed E-state index contributed by atoms with van der Waals surface area (Å²) < 4.78 is 0. The van der Waals surface area contributed by atoms with Crippen LogP contribution in [0, 0.1) is 6.92 Å². The molecule has 0 fully saturated rings. The van der Waals surface area contributed by atoms with Crippen molar-refractivity contribution in [3.63, 3.8) is 0 Å². The highest BCUT2D eigenvalue weighted by Crippen LogP contribution is 2.16. The number of aryl methyl sites for hydroxylation is 1. The number of rotatable bonds is 5. The number of amides is 1. The molecule has 0 spiro atoms. The molecule has 0 atom stereocenters. The zero-order chi connectivity index (χ0) is 20.1. The number of benzene rings is 2. The van der Waals surface area contributed by atoms with Gasteiger partial charge in [0.2, 0.25) is 0 Å². The highest BCUT2D eigenvalue weighted by molar-refractivity contribution is 5.95. The Hall–Kier alpha value is -3.60. The molecule has 0 aromatic heterocycles. The SMILES string of the molecule is Cc1cc(O)c(=O)c(O)cc1C(=O)NCc1cccc(Cc2ccccc2)c1. The fourth-order valence-electron chi connectivity index (χ4n) is 3.00. The molecule has 0 saturated heterocycles. The Bertz CT molecular complexity index is 1060. The third-order valence-electron chi connectivity index (χ3n) is 4.46. The molecule has 5 heteroatoms. The molecule has 3 aromatic rings. The van der Waals surface area contributed by atoms with Crippen LogP contribution >= 0.6 is 0 Å². The van der Waals surface area contributed by atoms with Crippen molar-refractivity contribution in [2.75, 3.05) is 0 Å². The van der Waals surface area contributed by atoms with Gasteiger partial charge in [-0.1, -0.05) is 54.6 Å². The predicted octanol–water partition coefficient (Wildman–Crippen LogP) is 3.29. The largest absolute Gasteiger partial charge is 0.504 e. The van der Waals surface area contributed by atoms with Crippen LogP contribution < -0.4 is 10.7 Å². The van der Waals surface area contributed by atoms with Gasteiger partial charge in [0.1, 0.15) is 0 Å². The summed E-state index contributed by atoms with van der Waals surface area (Å²) in [5.74, 6) is -1.69. The lowest BCUT2D eigenvalue weighted by atomic mass is 10.0. The van der Waals surface area contributed by atoms with Gasteiger partial charge in [-0.25, -0.2) is 0 Å². The van der Waals surface area contributed by atoms with Crippen molar-refractivity contribution >= 4 is 5.91 Å². The van der Waals surface area contributed by atoms with Crippen LogP contribution in [0.5, 0.6) is 11.5 Å². The van der Waals surface area contributed by atoms with E-state index < -0.39 is 22.8 Å². The van der Waals surface area contributed by atoms with Gasteiger partial charge >= 0.3 is 0 Å². The van der Waals surface area contributed by atoms with E-state index in [9.17, 15) is 19.8 Å². The molecule has 28 heavy (non-hydrogen) atoms. The first-order valence-electron chi connectivity index (χ1n) is 8.91. The fourth-order valence-corrected chi connectivity index (χ4v) is 3.00. The number of hydrogen-bond donors (Lipinski definition) is 3. The Labute approximate surface area is 162 Å². The van der Waals surface area contributed by atoms with Gasteiger partial charge in [0.25, 0.3) is 11.3 Å². The molecule has 0 aliphatic heterocycles. The van der Waals surface area contributed by atoms with Gasteiger partial charge in [0, 0.05) is 12.1 Å². The summed E-state index contributed by atoms with van der Waals surface area (Å²) in [7, 11) is 0. The first-order chi connectivity index (χ1) is 13.4. The van der Waals surface area contributed by atoms with E-state index in [2.05, 4.69) is 17.4 Å². The summed E-state index contributed by atoms with van der Waals surface area (Å²) in [6.07, 6.45) is 0.801. The standard InChI is InChI=1S/C23H21NO4/c1-15-10-20(25)22(27)21(26)13-19(15)23(28)24-14-18-9-5-8-17(12-18)11-16-6-3-2-4-7-16/h2-10,12-13H,11,14H2,1H3,(H,24,28)(H2,25,26,27). The van der Waals surface area contributed by atoms with Gasteiger partial charge in [0.15, 0.2) is 11.5 Å². The molecular weight excluding hydrogens is 354 g/mol. The van der Waals surface area contributed by atoms with Crippen molar-refractivity contribution < 1.29 is 15.0 Å². The van der Waals surface area contributed by atoms with Gasteiger partial charge in [-0.05, 0) is 47.7 Å². The van der Waals surface area contributed by atoms with Gasteiger partial charge in [-0.2, -0.15) is 0 Å². The lowest BCUT2D eigenvalue weighted by molar-refractivity contribution is 0.0950. The number of aromatic hydroxyl groups is 2. The molecule has 5 nitrogen and oxygen atoms in total. The Kier molecular flexibility index (Phi) is 5.75. The van der Waals surface area contributed by atoms with E-state index in [4.69, 9.17) is 0 Å². The Balaban J connectivity index is 1.74. The maximum Gasteiger partial charge on any atom is 0.261 e. The van der Waals surface area contributed by atoms with Crippen LogP contribution in [0.1, 0.15) is 32.6 Å². The normalized spacial score (nSPS) is 10.5. The number of carbonyl (C=O) groups excluding carboxylic acids is 1. The monoisotopic (exact) mass is 375 g/mol. The van der Waals surface area contributed by atoms with Crippen LogP contribution in [0.25, 0.3) is 0 Å². The molecule has 1 amide bonds. The zero-order valence-electron chi connectivity index (χ0n) is 15.5. The van der Waals surface area contributed by atoms with E-state index >= 15 is 0 Å². The second-order valence-electron chi connectivity index (χ2n) is 6.65. The average Bonchev–Trinajstić information content (AvgIpc) is 2.79. The van der Waals surface area contributed by atoms with Gasteiger partial charge in [-0.15, -0.1) is 0 Å². The molecule has 0 unspecified atom stereocenters. The predicted molar refractivity (Wildman–Crippen MR) is 108 cm³/mol. The third-order valence-corrected chi connectivity index (χ3v) is 4.46. The van der Waals surface area contributed by atoms with E-state index in [0.29, 0.717) is 12.1 Å². The van der Waals surface area contributed by atoms with E-state index in [0.717, 1.165) is 23.6 Å². The summed E-state index contributed by atoms with van der Waals surface area (Å²) in [6.45, 7) is 1.89. The van der Waals surface area contributed by atoms with E-state index in [1.807, 2.05) is 42.5 Å². The molecule has 0 bridgehead atoms. The molecule has 142 valence electrons. The minimum absolute atomic E-state index is 0.135. The van der Waals surface area contributed by atoms with Crippen molar-refractivity contribution in [1.82, 2.24) is 5.32 Å². The number of hydrogen-bond acceptors (Lipinski definition) is 4. The van der Waals surface area contributed by atoms with Gasteiger partial charge in [0.05, 0.1) is 0 Å². The first-order valence-corrected chi connectivity index (χ1v) is 8.91. The lowest BCUT2D eigenvalue weighted by Gasteiger charge is -2.08. The second-order valence-corrected chi connectivity index (χ2v) is 6.65. The molecule has 0 aliphatic rings. The first kappa shape index (κ1) is 19.2. The average molecular weight is 375 g/mol. The quantitative estimate of drug-likeness (QED) is 0.639. The van der Waals surface area contributed by atoms with Crippen LogP contribution in [-0.4, -0.2) is 16.1 Å². The summed E-state index contributed by atoms with van der Waals surface area (Å²) in [6, 6.07) is 20.3. The molecular formula is C23H21NO4. The zero-order valence-corrected chi connectivity index (χ0v) is 15.5. The van der Waals surface area contributed by atoms with Gasteiger partial charge in [-0.3, -0.25) is 9.59 Å². The highest BCUT2D eigenvalue weighted by Gasteiger charge is 2.13. The molecule has 0 radical (unpaired) electrons. The van der Waals surface area contributed by atoms with Crippen molar-refractivity contribution in [2.45, 2.75) is 19.9 Å². The topological polar surface area (TPSA) is 86.6 Å². The van der Waals surface area contributed by atoms with Crippen LogP contribution in [0.4, 0.5) is 0 Å². The minimum atomic E-state index is -0.907. The highest BCUT2D eigenvalue weighted by atomic mass is 16.3. The van der Waals surface area contributed by atoms with Gasteiger partial charge < -0.3 is 15.5 Å². The van der Waals surface area contributed by atoms with E-state index in [1.54, 1.807) is 6.92 Å². The maximum atomic E-state index is 12.5. The molecule has 0 heterocycles. The molecule has 3 aromatic carbocycles. The van der Waals surface area contributed by atoms with E-state index in [-0.39, 0.29) is 5.56 Å². The smallest absolute Gasteiger partial charge is 0.261 e. The van der Waals surface area contributed by atoms with Crippen molar-refractivity contribution in [3.05, 3.63) is 105 Å². The summed E-state index contributed by atoms with van der Waals surface area (Å²) in [4.78, 5) is 24.2. The van der Waals surface area contributed by atoms with Crippen LogP contribution in [-0.2, 0) is 13.0 Å². The summed E-state index contributed by atoms with van der Waals surface area (Å²) >= 11 is 0. The lowest BCUT2D eigenvalue weighted by Crippen LogP contribution is -2.23. The number of carbonyl (C=O) groups is 1. The van der Waals surface area contributed by atoms with Crippen molar-refractivity contribution in [2.24, 2.45) is 0 Å². The Morgan fingerprint density at radius 1 is 0.857 bits per heavy atom. The summed E-state index contributed by atoms with van der Waals surface area (Å²) in [5, 5.41) is 22.1. The number of nitrogens with one attached hydrogen (secondary N) is 1. The van der Waals surface area contributed by atoms with Crippen LogP contribution in [0.15, 0.2) is 71.5 Å².